The molecule has 2 aliphatic rings. The van der Waals surface area contributed by atoms with Gasteiger partial charge in [-0.2, -0.15) is 0 Å². The molecule has 1 aliphatic heterocycles. The third-order valence-electron chi connectivity index (χ3n) is 7.20. The highest BCUT2D eigenvalue weighted by atomic mass is 15.3. The first kappa shape index (κ1) is 19.2. The summed E-state index contributed by atoms with van der Waals surface area (Å²) >= 11 is 0. The molecule has 1 fully saturated rings. The van der Waals surface area contributed by atoms with Crippen molar-refractivity contribution in [2.75, 3.05) is 6.54 Å². The van der Waals surface area contributed by atoms with Crippen LogP contribution in [0.15, 0.2) is 60.3 Å². The second kappa shape index (κ2) is 7.16. The van der Waals surface area contributed by atoms with Gasteiger partial charge in [0.05, 0.1) is 16.6 Å². The standard InChI is InChI=1S/C27H31N3/c1-18-9-12-21(13-10-18)22-7-5-8-23(17-22)30-16-6-15-27(30,4)26-28-24-14-11-19(2)20(3)25(24)29-26/h5,8-14,17,22H,6-7,15-16H2,1-4H3,(H,28,29)/t22?,27-/m0/s1. The lowest BCUT2D eigenvalue weighted by molar-refractivity contribution is 0.200. The van der Waals surface area contributed by atoms with E-state index in [1.54, 1.807) is 0 Å². The maximum atomic E-state index is 5.11. The number of imidazole rings is 1. The van der Waals surface area contributed by atoms with Crippen molar-refractivity contribution in [2.45, 2.75) is 58.4 Å². The lowest BCUT2D eigenvalue weighted by Crippen LogP contribution is -2.39. The van der Waals surface area contributed by atoms with E-state index in [1.165, 1.54) is 34.4 Å². The molecule has 2 heterocycles. The van der Waals surface area contributed by atoms with Crippen LogP contribution in [0.5, 0.6) is 0 Å². The van der Waals surface area contributed by atoms with Gasteiger partial charge in [0.1, 0.15) is 5.82 Å². The number of hydrogen-bond acceptors (Lipinski definition) is 2. The van der Waals surface area contributed by atoms with Crippen molar-refractivity contribution in [2.24, 2.45) is 0 Å². The summed E-state index contributed by atoms with van der Waals surface area (Å²) in [7, 11) is 0. The molecule has 3 heteroatoms. The molecular formula is C27H31N3. The van der Waals surface area contributed by atoms with Crippen molar-refractivity contribution in [3.8, 4) is 0 Å². The van der Waals surface area contributed by atoms with E-state index in [2.05, 4.69) is 92.2 Å². The topological polar surface area (TPSA) is 31.9 Å². The molecule has 5 rings (SSSR count). The first-order valence-corrected chi connectivity index (χ1v) is 11.1. The molecule has 0 spiro atoms. The highest BCUT2D eigenvalue weighted by Gasteiger charge is 2.41. The van der Waals surface area contributed by atoms with Gasteiger partial charge in [-0.3, -0.25) is 0 Å². The van der Waals surface area contributed by atoms with Gasteiger partial charge in [0.25, 0.3) is 0 Å². The number of benzene rings is 2. The summed E-state index contributed by atoms with van der Waals surface area (Å²) in [4.78, 5) is 11.3. The quantitative estimate of drug-likeness (QED) is 0.552. The number of nitrogens with zero attached hydrogens (tertiary/aromatic N) is 2. The van der Waals surface area contributed by atoms with Crippen LogP contribution in [-0.2, 0) is 5.54 Å². The van der Waals surface area contributed by atoms with Gasteiger partial charge in [-0.1, -0.05) is 48.0 Å². The molecular weight excluding hydrogens is 366 g/mol. The van der Waals surface area contributed by atoms with Gasteiger partial charge < -0.3 is 9.88 Å². The van der Waals surface area contributed by atoms with Crippen LogP contribution in [0.3, 0.4) is 0 Å². The molecule has 1 aromatic heterocycles. The smallest absolute Gasteiger partial charge is 0.132 e. The molecule has 3 nitrogen and oxygen atoms in total. The Bertz CT molecular complexity index is 1150. The monoisotopic (exact) mass is 397 g/mol. The summed E-state index contributed by atoms with van der Waals surface area (Å²) in [6.07, 6.45) is 10.5. The second-order valence-electron chi connectivity index (χ2n) is 9.26. The van der Waals surface area contributed by atoms with E-state index in [0.717, 1.165) is 36.2 Å². The summed E-state index contributed by atoms with van der Waals surface area (Å²) in [5, 5.41) is 0. The minimum absolute atomic E-state index is 0.106. The summed E-state index contributed by atoms with van der Waals surface area (Å²) in [6.45, 7) is 9.91. The van der Waals surface area contributed by atoms with E-state index in [-0.39, 0.29) is 5.54 Å². The van der Waals surface area contributed by atoms with E-state index >= 15 is 0 Å². The number of aromatic amines is 1. The predicted octanol–water partition coefficient (Wildman–Crippen LogP) is 6.43. The number of aryl methyl sites for hydroxylation is 3. The fourth-order valence-electron chi connectivity index (χ4n) is 5.08. The average molecular weight is 398 g/mol. The van der Waals surface area contributed by atoms with Crippen LogP contribution < -0.4 is 0 Å². The van der Waals surface area contributed by atoms with Crippen LogP contribution in [0.2, 0.25) is 0 Å². The van der Waals surface area contributed by atoms with E-state index in [0.29, 0.717) is 5.92 Å². The van der Waals surface area contributed by atoms with Crippen molar-refractivity contribution in [3.63, 3.8) is 0 Å². The molecule has 1 unspecified atom stereocenters. The second-order valence-corrected chi connectivity index (χ2v) is 9.26. The Kier molecular flexibility index (Phi) is 4.57. The molecule has 0 amide bonds. The van der Waals surface area contributed by atoms with Crippen LogP contribution in [0.25, 0.3) is 11.0 Å². The fourth-order valence-corrected chi connectivity index (χ4v) is 5.08. The molecule has 1 aliphatic carbocycles. The largest absolute Gasteiger partial charge is 0.359 e. The molecule has 1 saturated heterocycles. The maximum Gasteiger partial charge on any atom is 0.132 e. The Balaban J connectivity index is 1.52. The van der Waals surface area contributed by atoms with E-state index in [4.69, 9.17) is 4.98 Å². The third-order valence-corrected chi connectivity index (χ3v) is 7.20. The lowest BCUT2D eigenvalue weighted by Gasteiger charge is -2.37. The molecule has 3 aromatic rings. The Labute approximate surface area is 179 Å². The minimum Gasteiger partial charge on any atom is -0.359 e. The van der Waals surface area contributed by atoms with Gasteiger partial charge in [-0.25, -0.2) is 4.98 Å². The van der Waals surface area contributed by atoms with E-state index < -0.39 is 0 Å². The third kappa shape index (κ3) is 3.08. The van der Waals surface area contributed by atoms with Crippen LogP contribution >= 0.6 is 0 Å². The number of hydrogen-bond donors (Lipinski definition) is 1. The number of likely N-dealkylation sites (tertiary alicyclic amines) is 1. The van der Waals surface area contributed by atoms with Crippen molar-refractivity contribution in [1.29, 1.82) is 0 Å². The van der Waals surface area contributed by atoms with Gasteiger partial charge in [0.2, 0.25) is 0 Å². The van der Waals surface area contributed by atoms with Gasteiger partial charge in [0.15, 0.2) is 0 Å². The molecule has 0 saturated carbocycles. The lowest BCUT2D eigenvalue weighted by atomic mass is 9.89. The Morgan fingerprint density at radius 1 is 1.07 bits per heavy atom. The van der Waals surface area contributed by atoms with Gasteiger partial charge in [-0.05, 0) is 75.8 Å². The normalized spacial score (nSPS) is 23.9. The van der Waals surface area contributed by atoms with Gasteiger partial charge in [0, 0.05) is 18.2 Å². The number of aromatic nitrogens is 2. The van der Waals surface area contributed by atoms with Gasteiger partial charge in [-0.15, -0.1) is 0 Å². The first-order valence-electron chi connectivity index (χ1n) is 11.1. The SMILES string of the molecule is Cc1ccc(C2C=C(N3CCC[C@@]3(C)c3nc4c(C)c(C)ccc4[nH]3)C=CC2)cc1. The summed E-state index contributed by atoms with van der Waals surface area (Å²) in [5.41, 5.74) is 8.78. The Hall–Kier alpha value is -2.81. The summed E-state index contributed by atoms with van der Waals surface area (Å²) < 4.78 is 0. The average Bonchev–Trinajstić information content (AvgIpc) is 3.37. The first-order chi connectivity index (χ1) is 14.5. The zero-order valence-electron chi connectivity index (χ0n) is 18.5. The highest BCUT2D eigenvalue weighted by Crippen LogP contribution is 2.42. The van der Waals surface area contributed by atoms with Crippen LogP contribution in [0.1, 0.15) is 60.2 Å². The number of fused-ring (bicyclic) bond motifs is 1. The Morgan fingerprint density at radius 3 is 2.67 bits per heavy atom. The highest BCUT2D eigenvalue weighted by molar-refractivity contribution is 5.80. The van der Waals surface area contributed by atoms with Crippen molar-refractivity contribution in [1.82, 2.24) is 14.9 Å². The summed E-state index contributed by atoms with van der Waals surface area (Å²) in [6, 6.07) is 13.4. The van der Waals surface area contributed by atoms with E-state index in [1.807, 2.05) is 0 Å². The number of nitrogens with one attached hydrogen (secondary N) is 1. The number of H-pyrrole nitrogens is 1. The number of allylic oxidation sites excluding steroid dienone is 3. The molecule has 2 atom stereocenters. The van der Waals surface area contributed by atoms with Crippen LogP contribution in [0, 0.1) is 20.8 Å². The van der Waals surface area contributed by atoms with Crippen LogP contribution in [-0.4, -0.2) is 21.4 Å². The van der Waals surface area contributed by atoms with Gasteiger partial charge >= 0.3 is 0 Å². The molecule has 0 bridgehead atoms. The molecule has 0 radical (unpaired) electrons. The van der Waals surface area contributed by atoms with Crippen molar-refractivity contribution >= 4 is 11.0 Å². The Morgan fingerprint density at radius 2 is 1.87 bits per heavy atom. The molecule has 154 valence electrons. The fraction of sp³-hybridized carbons (Fsp3) is 0.370. The number of rotatable bonds is 3. The molecule has 1 N–H and O–H groups in total. The van der Waals surface area contributed by atoms with Crippen molar-refractivity contribution < 1.29 is 0 Å². The maximum absolute atomic E-state index is 5.11. The zero-order chi connectivity index (χ0) is 20.9. The van der Waals surface area contributed by atoms with E-state index in [9.17, 15) is 0 Å². The molecule has 30 heavy (non-hydrogen) atoms. The zero-order valence-corrected chi connectivity index (χ0v) is 18.5. The minimum atomic E-state index is -0.106. The predicted molar refractivity (Wildman–Crippen MR) is 125 cm³/mol. The van der Waals surface area contributed by atoms with Crippen molar-refractivity contribution in [3.05, 3.63) is 88.4 Å². The summed E-state index contributed by atoms with van der Waals surface area (Å²) in [5.74, 6) is 1.53. The molecule has 2 aromatic carbocycles. The van der Waals surface area contributed by atoms with Crippen LogP contribution in [0.4, 0.5) is 0 Å².